The SMILES string of the molecule is Cc1ccc(COC2CCCN(C(=O)COc3ccc(Cl)cc3)C2)cc1. The predicted octanol–water partition coefficient (Wildman–Crippen LogP) is 4.24. The van der Waals surface area contributed by atoms with Crippen molar-refractivity contribution in [3.8, 4) is 5.75 Å². The molecule has 1 saturated heterocycles. The Morgan fingerprint density at radius 1 is 1.15 bits per heavy atom. The Kier molecular flexibility index (Phi) is 6.53. The third kappa shape index (κ3) is 5.48. The smallest absolute Gasteiger partial charge is 0.260 e. The lowest BCUT2D eigenvalue weighted by atomic mass is 10.1. The lowest BCUT2D eigenvalue weighted by Crippen LogP contribution is -2.45. The van der Waals surface area contributed by atoms with E-state index in [1.54, 1.807) is 24.3 Å². The highest BCUT2D eigenvalue weighted by Gasteiger charge is 2.24. The Hall–Kier alpha value is -2.04. The van der Waals surface area contributed by atoms with Gasteiger partial charge < -0.3 is 14.4 Å². The molecule has 138 valence electrons. The fourth-order valence-electron chi connectivity index (χ4n) is 2.97. The number of carbonyl (C=O) groups excluding carboxylic acids is 1. The number of amides is 1. The van der Waals surface area contributed by atoms with Gasteiger partial charge in [0.2, 0.25) is 0 Å². The van der Waals surface area contributed by atoms with Crippen LogP contribution in [0.2, 0.25) is 5.02 Å². The average molecular weight is 374 g/mol. The van der Waals surface area contributed by atoms with Crippen LogP contribution in [0.15, 0.2) is 48.5 Å². The van der Waals surface area contributed by atoms with E-state index < -0.39 is 0 Å². The number of halogens is 1. The monoisotopic (exact) mass is 373 g/mol. The van der Waals surface area contributed by atoms with Crippen LogP contribution in [0.5, 0.6) is 5.75 Å². The Morgan fingerprint density at radius 2 is 1.88 bits per heavy atom. The van der Waals surface area contributed by atoms with Crippen molar-refractivity contribution in [1.29, 1.82) is 0 Å². The van der Waals surface area contributed by atoms with E-state index in [1.165, 1.54) is 5.56 Å². The van der Waals surface area contributed by atoms with E-state index in [-0.39, 0.29) is 18.6 Å². The van der Waals surface area contributed by atoms with Crippen molar-refractivity contribution >= 4 is 17.5 Å². The Balaban J connectivity index is 1.45. The molecular formula is C21H24ClNO3. The molecule has 1 aliphatic rings. The van der Waals surface area contributed by atoms with Crippen LogP contribution >= 0.6 is 11.6 Å². The van der Waals surface area contributed by atoms with Crippen molar-refractivity contribution in [2.75, 3.05) is 19.7 Å². The van der Waals surface area contributed by atoms with Crippen molar-refractivity contribution in [1.82, 2.24) is 4.90 Å². The minimum absolute atomic E-state index is 0.0106. The molecule has 0 N–H and O–H groups in total. The number of hydrogen-bond acceptors (Lipinski definition) is 3. The number of rotatable bonds is 6. The summed E-state index contributed by atoms with van der Waals surface area (Å²) in [5.41, 5.74) is 2.40. The third-order valence-electron chi connectivity index (χ3n) is 4.51. The van der Waals surface area contributed by atoms with Crippen LogP contribution in [0.4, 0.5) is 0 Å². The first-order valence-corrected chi connectivity index (χ1v) is 9.31. The number of aryl methyl sites for hydroxylation is 1. The maximum absolute atomic E-state index is 12.4. The molecule has 4 nitrogen and oxygen atoms in total. The number of ether oxygens (including phenoxy) is 2. The number of hydrogen-bond donors (Lipinski definition) is 0. The van der Waals surface area contributed by atoms with E-state index in [2.05, 4.69) is 31.2 Å². The molecule has 1 unspecified atom stereocenters. The summed E-state index contributed by atoms with van der Waals surface area (Å²) < 4.78 is 11.6. The summed E-state index contributed by atoms with van der Waals surface area (Å²) in [6.07, 6.45) is 2.00. The third-order valence-corrected chi connectivity index (χ3v) is 4.77. The van der Waals surface area contributed by atoms with E-state index in [0.717, 1.165) is 24.9 Å². The number of nitrogens with zero attached hydrogens (tertiary/aromatic N) is 1. The Bertz CT molecular complexity index is 715. The second-order valence-corrected chi connectivity index (χ2v) is 7.08. The molecular weight excluding hydrogens is 350 g/mol. The van der Waals surface area contributed by atoms with Gasteiger partial charge in [-0.2, -0.15) is 0 Å². The summed E-state index contributed by atoms with van der Waals surface area (Å²) >= 11 is 5.85. The summed E-state index contributed by atoms with van der Waals surface area (Å²) in [4.78, 5) is 14.2. The maximum atomic E-state index is 12.4. The van der Waals surface area contributed by atoms with Gasteiger partial charge in [0.15, 0.2) is 6.61 Å². The van der Waals surface area contributed by atoms with E-state index in [1.807, 2.05) is 4.90 Å². The average Bonchev–Trinajstić information content (AvgIpc) is 2.67. The van der Waals surface area contributed by atoms with Crippen LogP contribution in [-0.4, -0.2) is 36.6 Å². The summed E-state index contributed by atoms with van der Waals surface area (Å²) in [5, 5.41) is 0.647. The molecule has 5 heteroatoms. The van der Waals surface area contributed by atoms with Gasteiger partial charge in [0, 0.05) is 18.1 Å². The molecule has 3 rings (SSSR count). The second-order valence-electron chi connectivity index (χ2n) is 6.64. The van der Waals surface area contributed by atoms with Gasteiger partial charge in [-0.05, 0) is 49.6 Å². The van der Waals surface area contributed by atoms with Crippen molar-refractivity contribution in [2.45, 2.75) is 32.5 Å². The van der Waals surface area contributed by atoms with Gasteiger partial charge in [-0.1, -0.05) is 41.4 Å². The summed E-state index contributed by atoms with van der Waals surface area (Å²) in [5.74, 6) is 0.635. The highest BCUT2D eigenvalue weighted by atomic mass is 35.5. The zero-order chi connectivity index (χ0) is 18.4. The standard InChI is InChI=1S/C21H24ClNO3/c1-16-4-6-17(7-5-16)14-25-20-3-2-12-23(13-20)21(24)15-26-19-10-8-18(22)9-11-19/h4-11,20H,2-3,12-15H2,1H3. The number of piperidine rings is 1. The van der Waals surface area contributed by atoms with Crippen LogP contribution in [0.1, 0.15) is 24.0 Å². The van der Waals surface area contributed by atoms with Gasteiger partial charge in [0.1, 0.15) is 5.75 Å². The first-order chi connectivity index (χ1) is 12.6. The fourth-order valence-corrected chi connectivity index (χ4v) is 3.09. The van der Waals surface area contributed by atoms with Gasteiger partial charge in [0.05, 0.1) is 12.7 Å². The number of likely N-dealkylation sites (tertiary alicyclic amines) is 1. The maximum Gasteiger partial charge on any atom is 0.260 e. The van der Waals surface area contributed by atoms with Crippen molar-refractivity contribution in [2.24, 2.45) is 0 Å². The molecule has 1 aliphatic heterocycles. The van der Waals surface area contributed by atoms with Crippen molar-refractivity contribution < 1.29 is 14.3 Å². The summed E-state index contributed by atoms with van der Waals surface area (Å²) in [6.45, 7) is 4.06. The second kappa shape index (κ2) is 9.06. The van der Waals surface area contributed by atoms with Crippen LogP contribution in [0, 0.1) is 6.92 Å². The lowest BCUT2D eigenvalue weighted by Gasteiger charge is -2.32. The van der Waals surface area contributed by atoms with Crippen molar-refractivity contribution in [3.05, 3.63) is 64.7 Å². The van der Waals surface area contributed by atoms with Gasteiger partial charge in [-0.25, -0.2) is 0 Å². The first-order valence-electron chi connectivity index (χ1n) is 8.93. The van der Waals surface area contributed by atoms with Gasteiger partial charge in [0.25, 0.3) is 5.91 Å². The molecule has 0 aliphatic carbocycles. The van der Waals surface area contributed by atoms with Gasteiger partial charge >= 0.3 is 0 Å². The number of benzene rings is 2. The molecule has 2 aromatic carbocycles. The van der Waals surface area contributed by atoms with E-state index in [0.29, 0.717) is 23.9 Å². The van der Waals surface area contributed by atoms with E-state index in [4.69, 9.17) is 21.1 Å². The fraction of sp³-hybridized carbons (Fsp3) is 0.381. The number of carbonyl (C=O) groups is 1. The molecule has 0 spiro atoms. The lowest BCUT2D eigenvalue weighted by molar-refractivity contribution is -0.137. The minimum atomic E-state index is -0.0106. The first kappa shape index (κ1) is 18.7. The van der Waals surface area contributed by atoms with E-state index in [9.17, 15) is 4.79 Å². The quantitative estimate of drug-likeness (QED) is 0.760. The normalized spacial score (nSPS) is 17.2. The molecule has 1 heterocycles. The largest absolute Gasteiger partial charge is 0.484 e. The van der Waals surface area contributed by atoms with Crippen LogP contribution in [0.3, 0.4) is 0 Å². The van der Waals surface area contributed by atoms with E-state index >= 15 is 0 Å². The molecule has 0 bridgehead atoms. The highest BCUT2D eigenvalue weighted by Crippen LogP contribution is 2.18. The molecule has 0 aromatic heterocycles. The van der Waals surface area contributed by atoms with Crippen LogP contribution in [-0.2, 0) is 16.1 Å². The molecule has 26 heavy (non-hydrogen) atoms. The summed E-state index contributed by atoms with van der Waals surface area (Å²) in [7, 11) is 0. The van der Waals surface area contributed by atoms with Crippen LogP contribution < -0.4 is 4.74 Å². The molecule has 1 amide bonds. The predicted molar refractivity (Wildman–Crippen MR) is 103 cm³/mol. The van der Waals surface area contributed by atoms with Crippen molar-refractivity contribution in [3.63, 3.8) is 0 Å². The Morgan fingerprint density at radius 3 is 2.62 bits per heavy atom. The zero-order valence-electron chi connectivity index (χ0n) is 15.0. The highest BCUT2D eigenvalue weighted by molar-refractivity contribution is 6.30. The molecule has 1 atom stereocenters. The Labute approximate surface area is 159 Å². The minimum Gasteiger partial charge on any atom is -0.484 e. The van der Waals surface area contributed by atoms with Gasteiger partial charge in [-0.3, -0.25) is 4.79 Å². The molecule has 2 aromatic rings. The topological polar surface area (TPSA) is 38.8 Å². The van der Waals surface area contributed by atoms with Crippen LogP contribution in [0.25, 0.3) is 0 Å². The molecule has 1 fully saturated rings. The summed E-state index contributed by atoms with van der Waals surface area (Å²) in [6, 6.07) is 15.4. The molecule has 0 radical (unpaired) electrons. The zero-order valence-corrected chi connectivity index (χ0v) is 15.7. The molecule has 0 saturated carbocycles. The van der Waals surface area contributed by atoms with Gasteiger partial charge in [-0.15, -0.1) is 0 Å².